The highest BCUT2D eigenvalue weighted by molar-refractivity contribution is 5.98. The van der Waals surface area contributed by atoms with Gasteiger partial charge in [-0.25, -0.2) is 9.78 Å². The van der Waals surface area contributed by atoms with Crippen LogP contribution in [0, 0.1) is 11.8 Å². The Morgan fingerprint density at radius 2 is 1.24 bits per heavy atom. The molecule has 26 nitrogen and oxygen atoms in total. The largest absolute Gasteiger partial charge is 0.480 e. The van der Waals surface area contributed by atoms with E-state index in [1.54, 1.807) is 81.4 Å². The first-order chi connectivity index (χ1) is 38.0. The Labute approximate surface area is 465 Å². The SMILES string of the molecule is CC[C@H](C)[C@H](NC(=O)[C@@H](N)CCCN=C(N)N)C(=O)N1CCC[C@H]1C(=O)N[C@@H](Cc1ccccc1)C(=O)N[C@H](C(=O)N[C@@H](Cc1ccccc1)C(=O)N[C@@H](CO)C(=O)N[C@@H](Cc1cnc[nH]1)C(=O)N[C@@H](CC(C)C)C(=O)O)[C@@H](C)O. The maximum Gasteiger partial charge on any atom is 0.326 e. The number of carbonyl (C=O) groups is 9. The second-order valence-electron chi connectivity index (χ2n) is 20.5. The summed E-state index contributed by atoms with van der Waals surface area (Å²) in [7, 11) is 0. The Bertz CT molecular complexity index is 2550. The van der Waals surface area contributed by atoms with Gasteiger partial charge in [-0.05, 0) is 62.0 Å². The zero-order valence-corrected chi connectivity index (χ0v) is 45.9. The highest BCUT2D eigenvalue weighted by Gasteiger charge is 2.42. The third kappa shape index (κ3) is 20.4. The second kappa shape index (κ2) is 32.2. The van der Waals surface area contributed by atoms with Crippen LogP contribution in [0.15, 0.2) is 78.2 Å². The van der Waals surface area contributed by atoms with Gasteiger partial charge in [-0.15, -0.1) is 0 Å². The number of likely N-dealkylation sites (tertiary alicyclic amines) is 1. The number of aliphatic hydroxyl groups is 2. The van der Waals surface area contributed by atoms with Crippen LogP contribution in [-0.4, -0.2) is 170 Å². The van der Waals surface area contributed by atoms with Crippen LogP contribution in [-0.2, 0) is 62.4 Å². The van der Waals surface area contributed by atoms with Crippen LogP contribution in [0.2, 0.25) is 0 Å². The normalized spacial score (nSPS) is 16.9. The number of nitrogens with zero attached hydrogens (tertiary/aromatic N) is 3. The standard InChI is InChI=1S/C54H80N14O12/c1-6-31(4)43(66-45(71)36(55)19-13-21-59-54(56)57)52(78)68-22-14-20-42(68)50(76)62-38(25-34-17-11-8-12-18-34)48(74)67-44(32(5)70)51(77)63-37(24-33-15-9-7-10-16-33)46(72)65-41(28-69)49(75)61-39(26-35-27-58-29-60-35)47(73)64-40(53(79)80)23-30(2)3/h7-12,15-18,27,29-32,36-44,69-70H,6,13-14,19-26,28,55H2,1-5H3,(H,58,60)(H,61,75)(H,62,76)(H,63,77)(H,64,73)(H,65,72)(H,66,71)(H,67,74)(H,79,80)(H4,56,57,59)/t31-,32+,36-,37-,38-,39-,40-,41-,42-,43-,44-/m0/s1. The molecule has 1 saturated heterocycles. The lowest BCUT2D eigenvalue weighted by Gasteiger charge is -2.32. The monoisotopic (exact) mass is 1120 g/mol. The van der Waals surface area contributed by atoms with Gasteiger partial charge in [0.1, 0.15) is 48.3 Å². The molecule has 17 N–H and O–H groups in total. The fourth-order valence-corrected chi connectivity index (χ4v) is 8.91. The van der Waals surface area contributed by atoms with E-state index in [4.69, 9.17) is 17.2 Å². The summed E-state index contributed by atoms with van der Waals surface area (Å²) in [5, 5.41) is 49.3. The van der Waals surface area contributed by atoms with Gasteiger partial charge >= 0.3 is 5.97 Å². The van der Waals surface area contributed by atoms with Crippen molar-refractivity contribution in [3.8, 4) is 0 Å². The summed E-state index contributed by atoms with van der Waals surface area (Å²) in [6.45, 7) is 7.83. The molecule has 438 valence electrons. The van der Waals surface area contributed by atoms with Crippen molar-refractivity contribution in [3.05, 3.63) is 90.0 Å². The minimum absolute atomic E-state index is 0.0787. The number of hydrogen-bond donors (Lipinski definition) is 14. The van der Waals surface area contributed by atoms with Gasteiger partial charge in [-0.1, -0.05) is 94.8 Å². The number of guanidine groups is 1. The number of aliphatic carboxylic acids is 1. The van der Waals surface area contributed by atoms with E-state index in [2.05, 4.69) is 52.2 Å². The summed E-state index contributed by atoms with van der Waals surface area (Å²) < 4.78 is 0. The first kappa shape index (κ1) is 64.6. The molecule has 0 unspecified atom stereocenters. The number of rotatable bonds is 32. The molecular weight excluding hydrogens is 1040 g/mol. The number of imidazole rings is 1. The molecule has 0 bridgehead atoms. The first-order valence-corrected chi connectivity index (χ1v) is 26.8. The van der Waals surface area contributed by atoms with Crippen LogP contribution >= 0.6 is 0 Å². The molecule has 4 rings (SSSR count). The van der Waals surface area contributed by atoms with E-state index in [-0.39, 0.29) is 69.4 Å². The lowest BCUT2D eigenvalue weighted by atomic mass is 9.96. The maximum absolute atomic E-state index is 14.4. The Balaban J connectivity index is 1.55. The second-order valence-corrected chi connectivity index (χ2v) is 20.5. The highest BCUT2D eigenvalue weighted by Crippen LogP contribution is 2.22. The molecule has 1 fully saturated rings. The van der Waals surface area contributed by atoms with Crippen LogP contribution in [0.25, 0.3) is 0 Å². The summed E-state index contributed by atoms with van der Waals surface area (Å²) >= 11 is 0. The van der Waals surface area contributed by atoms with Crippen molar-refractivity contribution in [3.63, 3.8) is 0 Å². The van der Waals surface area contributed by atoms with Gasteiger partial charge in [0.2, 0.25) is 47.3 Å². The van der Waals surface area contributed by atoms with Crippen LogP contribution in [0.3, 0.4) is 0 Å². The van der Waals surface area contributed by atoms with Crippen molar-refractivity contribution in [1.82, 2.24) is 52.1 Å². The predicted octanol–water partition coefficient (Wildman–Crippen LogP) is -2.25. The van der Waals surface area contributed by atoms with Crippen molar-refractivity contribution in [1.29, 1.82) is 0 Å². The van der Waals surface area contributed by atoms with Gasteiger partial charge in [0.25, 0.3) is 0 Å². The third-order valence-electron chi connectivity index (χ3n) is 13.6. The number of carboxylic acids is 1. The zero-order chi connectivity index (χ0) is 59.1. The van der Waals surface area contributed by atoms with E-state index < -0.39 is 120 Å². The van der Waals surface area contributed by atoms with Gasteiger partial charge < -0.3 is 79.6 Å². The predicted molar refractivity (Wildman–Crippen MR) is 294 cm³/mol. The smallest absolute Gasteiger partial charge is 0.326 e. The number of aliphatic hydroxyl groups excluding tert-OH is 2. The molecule has 26 heteroatoms. The minimum Gasteiger partial charge on any atom is -0.480 e. The number of nitrogens with one attached hydrogen (secondary N) is 8. The zero-order valence-electron chi connectivity index (χ0n) is 45.9. The Morgan fingerprint density at radius 1 is 0.713 bits per heavy atom. The van der Waals surface area contributed by atoms with Crippen molar-refractivity contribution < 1.29 is 58.5 Å². The van der Waals surface area contributed by atoms with E-state index in [1.165, 1.54) is 24.3 Å². The molecule has 8 amide bonds. The summed E-state index contributed by atoms with van der Waals surface area (Å²) in [4.78, 5) is 136. The average molecular weight is 1120 g/mol. The topological polar surface area (TPSA) is 421 Å². The number of aromatic nitrogens is 2. The molecule has 0 spiro atoms. The molecular formula is C54H80N14O12. The molecule has 11 atom stereocenters. The average Bonchev–Trinajstić information content (AvgIpc) is 4.14. The van der Waals surface area contributed by atoms with Crippen molar-refractivity contribution >= 4 is 59.2 Å². The summed E-state index contributed by atoms with van der Waals surface area (Å²) in [6.07, 6.45) is 2.48. The lowest BCUT2D eigenvalue weighted by Crippen LogP contribution is -2.62. The molecule has 1 aliphatic heterocycles. The number of hydrogen-bond acceptors (Lipinski definition) is 14. The quantitative estimate of drug-likeness (QED) is 0.0178. The van der Waals surface area contributed by atoms with E-state index in [9.17, 15) is 58.5 Å². The molecule has 0 radical (unpaired) electrons. The van der Waals surface area contributed by atoms with Crippen LogP contribution in [0.5, 0.6) is 0 Å². The summed E-state index contributed by atoms with van der Waals surface area (Å²) in [5.74, 6) is -8.52. The Morgan fingerprint density at radius 3 is 1.76 bits per heavy atom. The molecule has 3 aromatic rings. The van der Waals surface area contributed by atoms with E-state index in [0.717, 1.165) is 0 Å². The highest BCUT2D eigenvalue weighted by atomic mass is 16.4. The van der Waals surface area contributed by atoms with Gasteiger partial charge in [0, 0.05) is 44.2 Å². The van der Waals surface area contributed by atoms with Crippen LogP contribution in [0.1, 0.15) is 90.0 Å². The van der Waals surface area contributed by atoms with Crippen LogP contribution < -0.4 is 54.4 Å². The molecule has 2 aromatic carbocycles. The molecule has 0 saturated carbocycles. The number of carbonyl (C=O) groups excluding carboxylic acids is 8. The molecule has 1 aliphatic rings. The van der Waals surface area contributed by atoms with Gasteiger partial charge in [0.15, 0.2) is 5.96 Å². The van der Waals surface area contributed by atoms with Gasteiger partial charge in [-0.2, -0.15) is 0 Å². The molecule has 1 aromatic heterocycles. The first-order valence-electron chi connectivity index (χ1n) is 26.8. The fraction of sp³-hybridized carbons (Fsp3) is 0.537. The fourth-order valence-electron chi connectivity index (χ4n) is 8.91. The Hall–Kier alpha value is -7.97. The number of aromatic amines is 1. The molecule has 80 heavy (non-hydrogen) atoms. The number of benzene rings is 2. The number of amides is 8. The van der Waals surface area contributed by atoms with Crippen molar-refractivity contribution in [2.24, 2.45) is 34.0 Å². The summed E-state index contributed by atoms with van der Waals surface area (Å²) in [5.41, 5.74) is 18.5. The van der Waals surface area contributed by atoms with Crippen molar-refractivity contribution in [2.75, 3.05) is 19.7 Å². The number of nitrogens with two attached hydrogens (primary N) is 3. The number of carboxylic acid groups (broad SMARTS) is 1. The Kier molecular flexibility index (Phi) is 26.0. The van der Waals surface area contributed by atoms with E-state index in [1.807, 2.05) is 6.92 Å². The molecule has 0 aliphatic carbocycles. The van der Waals surface area contributed by atoms with Gasteiger partial charge in [-0.3, -0.25) is 43.3 Å². The number of aliphatic imine (C=N–C) groups is 1. The third-order valence-corrected chi connectivity index (χ3v) is 13.6. The van der Waals surface area contributed by atoms with Gasteiger partial charge in [0.05, 0.1) is 25.1 Å². The summed E-state index contributed by atoms with van der Waals surface area (Å²) in [6, 6.07) is 4.81. The minimum atomic E-state index is -1.75. The lowest BCUT2D eigenvalue weighted by molar-refractivity contribution is -0.143. The number of H-pyrrole nitrogens is 1. The molecule has 2 heterocycles. The van der Waals surface area contributed by atoms with E-state index in [0.29, 0.717) is 36.1 Å². The van der Waals surface area contributed by atoms with Crippen LogP contribution in [0.4, 0.5) is 0 Å². The van der Waals surface area contributed by atoms with Crippen molar-refractivity contribution in [2.45, 2.75) is 153 Å². The van der Waals surface area contributed by atoms with E-state index >= 15 is 0 Å². The maximum atomic E-state index is 14.4.